The number of likely N-dealkylation sites (tertiary alicyclic amines) is 1. The molecule has 0 radical (unpaired) electrons. The van der Waals surface area contributed by atoms with Crippen LogP contribution in [0.25, 0.3) is 0 Å². The van der Waals surface area contributed by atoms with Crippen LogP contribution in [0.2, 0.25) is 0 Å². The fraction of sp³-hybridized carbons (Fsp3) is 0.900. The van der Waals surface area contributed by atoms with E-state index in [2.05, 4.69) is 5.32 Å². The largest absolute Gasteiger partial charge is 0.394 e. The minimum atomic E-state index is -1.17. The number of carbonyl (C=O) groups excluding carboxylic acids is 1. The highest BCUT2D eigenvalue weighted by Crippen LogP contribution is 2.08. The fourth-order valence-electron chi connectivity index (χ4n) is 1.66. The smallest absolute Gasteiger partial charge is 0.236 e. The van der Waals surface area contributed by atoms with Crippen LogP contribution in [0, 0.1) is 0 Å². The number of nitrogens with zero attached hydrogens (tertiary/aromatic N) is 1. The minimum Gasteiger partial charge on any atom is -0.394 e. The first-order valence-electron chi connectivity index (χ1n) is 5.53. The molecule has 1 heterocycles. The van der Waals surface area contributed by atoms with Gasteiger partial charge in [0, 0.05) is 13.1 Å². The van der Waals surface area contributed by atoms with Crippen molar-refractivity contribution in [3.63, 3.8) is 0 Å². The number of carbonyl (C=O) groups is 1. The molecule has 0 spiro atoms. The SMILES string of the molecule is O=C(CNC(CO)(CO)CO)N1CCCC1. The van der Waals surface area contributed by atoms with Gasteiger partial charge in [0.15, 0.2) is 0 Å². The van der Waals surface area contributed by atoms with E-state index in [1.807, 2.05) is 0 Å². The van der Waals surface area contributed by atoms with Crippen molar-refractivity contribution in [2.75, 3.05) is 39.5 Å². The van der Waals surface area contributed by atoms with Gasteiger partial charge in [0.2, 0.25) is 5.91 Å². The highest BCUT2D eigenvalue weighted by molar-refractivity contribution is 5.78. The zero-order chi connectivity index (χ0) is 12.0. The molecule has 1 saturated heterocycles. The molecule has 1 amide bonds. The Kier molecular flexibility index (Phi) is 5.14. The molecule has 4 N–H and O–H groups in total. The third-order valence-electron chi connectivity index (χ3n) is 2.98. The second-order valence-corrected chi connectivity index (χ2v) is 4.20. The van der Waals surface area contributed by atoms with E-state index in [0.717, 1.165) is 25.9 Å². The van der Waals surface area contributed by atoms with Gasteiger partial charge in [-0.05, 0) is 12.8 Å². The quantitative estimate of drug-likeness (QED) is 0.421. The number of aliphatic hydroxyl groups excluding tert-OH is 3. The molecule has 0 aromatic heterocycles. The Morgan fingerprint density at radius 3 is 2.06 bits per heavy atom. The molecule has 1 aliphatic heterocycles. The van der Waals surface area contributed by atoms with Gasteiger partial charge in [-0.2, -0.15) is 0 Å². The second kappa shape index (κ2) is 6.15. The van der Waals surface area contributed by atoms with E-state index in [1.54, 1.807) is 4.90 Å². The maximum Gasteiger partial charge on any atom is 0.236 e. The summed E-state index contributed by atoms with van der Waals surface area (Å²) in [6, 6.07) is 0. The maximum atomic E-state index is 11.7. The van der Waals surface area contributed by atoms with Gasteiger partial charge in [0.1, 0.15) is 0 Å². The van der Waals surface area contributed by atoms with E-state index in [4.69, 9.17) is 15.3 Å². The van der Waals surface area contributed by atoms with Gasteiger partial charge in [-0.25, -0.2) is 0 Å². The summed E-state index contributed by atoms with van der Waals surface area (Å²) in [5, 5.41) is 29.9. The van der Waals surface area contributed by atoms with Crippen molar-refractivity contribution in [1.82, 2.24) is 10.2 Å². The standard InChI is InChI=1S/C10H20N2O4/c13-6-10(7-14,8-15)11-5-9(16)12-3-1-2-4-12/h11,13-15H,1-8H2. The van der Waals surface area contributed by atoms with E-state index in [1.165, 1.54) is 0 Å². The summed E-state index contributed by atoms with van der Waals surface area (Å²) in [5.41, 5.74) is -1.17. The lowest BCUT2D eigenvalue weighted by molar-refractivity contribution is -0.129. The van der Waals surface area contributed by atoms with Gasteiger partial charge in [0.25, 0.3) is 0 Å². The molecule has 0 aliphatic carbocycles. The highest BCUT2D eigenvalue weighted by atomic mass is 16.3. The molecular weight excluding hydrogens is 212 g/mol. The summed E-state index contributed by atoms with van der Waals surface area (Å²) in [5.74, 6) is -0.0581. The molecule has 1 rings (SSSR count). The van der Waals surface area contributed by atoms with Crippen LogP contribution in [0.1, 0.15) is 12.8 Å². The lowest BCUT2D eigenvalue weighted by atomic mass is 10.0. The van der Waals surface area contributed by atoms with Gasteiger partial charge in [0.05, 0.1) is 31.9 Å². The average molecular weight is 232 g/mol. The molecule has 6 heteroatoms. The van der Waals surface area contributed by atoms with Gasteiger partial charge >= 0.3 is 0 Å². The van der Waals surface area contributed by atoms with Crippen molar-refractivity contribution < 1.29 is 20.1 Å². The van der Waals surface area contributed by atoms with Crippen LogP contribution in [-0.4, -0.2) is 71.1 Å². The molecule has 0 saturated carbocycles. The topological polar surface area (TPSA) is 93.0 Å². The number of aliphatic hydroxyl groups is 3. The number of nitrogens with one attached hydrogen (secondary N) is 1. The second-order valence-electron chi connectivity index (χ2n) is 4.20. The van der Waals surface area contributed by atoms with Crippen molar-refractivity contribution in [3.05, 3.63) is 0 Å². The Labute approximate surface area is 94.9 Å². The summed E-state index contributed by atoms with van der Waals surface area (Å²) < 4.78 is 0. The van der Waals surface area contributed by atoms with Crippen LogP contribution in [0.4, 0.5) is 0 Å². The predicted molar refractivity (Wildman–Crippen MR) is 57.8 cm³/mol. The average Bonchev–Trinajstić information content (AvgIpc) is 2.85. The molecule has 16 heavy (non-hydrogen) atoms. The molecule has 6 nitrogen and oxygen atoms in total. The van der Waals surface area contributed by atoms with Crippen LogP contribution in [0.5, 0.6) is 0 Å². The zero-order valence-electron chi connectivity index (χ0n) is 9.35. The normalized spacial score (nSPS) is 16.8. The van der Waals surface area contributed by atoms with Crippen molar-refractivity contribution in [2.24, 2.45) is 0 Å². The zero-order valence-corrected chi connectivity index (χ0v) is 9.35. The molecule has 0 aromatic carbocycles. The molecule has 94 valence electrons. The van der Waals surface area contributed by atoms with Gasteiger partial charge in [-0.3, -0.25) is 10.1 Å². The third kappa shape index (κ3) is 3.15. The van der Waals surface area contributed by atoms with E-state index >= 15 is 0 Å². The van der Waals surface area contributed by atoms with Crippen LogP contribution >= 0.6 is 0 Å². The number of rotatable bonds is 6. The predicted octanol–water partition coefficient (Wildman–Crippen LogP) is -2.09. The molecule has 0 unspecified atom stereocenters. The fourth-order valence-corrected chi connectivity index (χ4v) is 1.66. The summed E-state index contributed by atoms with van der Waals surface area (Å²) >= 11 is 0. The summed E-state index contributed by atoms with van der Waals surface area (Å²) in [7, 11) is 0. The number of hydrogen-bond donors (Lipinski definition) is 4. The maximum absolute atomic E-state index is 11.7. The van der Waals surface area contributed by atoms with Gasteiger partial charge in [-0.15, -0.1) is 0 Å². The molecule has 0 bridgehead atoms. The lowest BCUT2D eigenvalue weighted by Crippen LogP contribution is -2.57. The van der Waals surface area contributed by atoms with E-state index in [-0.39, 0.29) is 12.5 Å². The van der Waals surface area contributed by atoms with Gasteiger partial charge in [-0.1, -0.05) is 0 Å². The van der Waals surface area contributed by atoms with Crippen molar-refractivity contribution in [1.29, 1.82) is 0 Å². The molecule has 1 aliphatic rings. The Hall–Kier alpha value is -0.690. The molecular formula is C10H20N2O4. The number of amides is 1. The van der Waals surface area contributed by atoms with E-state index in [0.29, 0.717) is 0 Å². The van der Waals surface area contributed by atoms with E-state index < -0.39 is 25.4 Å². The Bertz CT molecular complexity index is 217. The molecule has 0 aromatic rings. The molecule has 1 fully saturated rings. The number of hydrogen-bond acceptors (Lipinski definition) is 5. The summed E-state index contributed by atoms with van der Waals surface area (Å²) in [6.07, 6.45) is 2.05. The highest BCUT2D eigenvalue weighted by Gasteiger charge is 2.29. The van der Waals surface area contributed by atoms with Crippen molar-refractivity contribution in [3.8, 4) is 0 Å². The Balaban J connectivity index is 2.39. The lowest BCUT2D eigenvalue weighted by Gasteiger charge is -2.29. The molecule has 0 atom stereocenters. The third-order valence-corrected chi connectivity index (χ3v) is 2.98. The first-order valence-corrected chi connectivity index (χ1v) is 5.53. The van der Waals surface area contributed by atoms with Crippen LogP contribution in [-0.2, 0) is 4.79 Å². The van der Waals surface area contributed by atoms with Gasteiger partial charge < -0.3 is 20.2 Å². The first-order chi connectivity index (χ1) is 7.67. The Morgan fingerprint density at radius 2 is 1.62 bits per heavy atom. The van der Waals surface area contributed by atoms with E-state index in [9.17, 15) is 4.79 Å². The van der Waals surface area contributed by atoms with Crippen molar-refractivity contribution in [2.45, 2.75) is 18.4 Å². The van der Waals surface area contributed by atoms with Crippen LogP contribution in [0.3, 0.4) is 0 Å². The van der Waals surface area contributed by atoms with Crippen LogP contribution in [0.15, 0.2) is 0 Å². The summed E-state index contributed by atoms with van der Waals surface area (Å²) in [6.45, 7) is 0.339. The Morgan fingerprint density at radius 1 is 1.12 bits per heavy atom. The van der Waals surface area contributed by atoms with Crippen LogP contribution < -0.4 is 5.32 Å². The first kappa shape index (κ1) is 13.4. The van der Waals surface area contributed by atoms with Crippen molar-refractivity contribution >= 4 is 5.91 Å². The minimum absolute atomic E-state index is 0.0294. The summed E-state index contributed by atoms with van der Waals surface area (Å²) in [4.78, 5) is 13.4. The monoisotopic (exact) mass is 232 g/mol.